The smallest absolute Gasteiger partial charge is 0.482 e. The van der Waals surface area contributed by atoms with Crippen LogP contribution in [0.1, 0.15) is 88.3 Å². The van der Waals surface area contributed by atoms with Crippen LogP contribution in [0.4, 0.5) is 4.79 Å². The highest BCUT2D eigenvalue weighted by molar-refractivity contribution is 5.71. The molecule has 1 fully saturated rings. The second-order valence-electron chi connectivity index (χ2n) is 11.9. The molecular weight excluding hydrogens is 532 g/mol. The van der Waals surface area contributed by atoms with Gasteiger partial charge in [0.25, 0.3) is 0 Å². The maximum Gasteiger partial charge on any atom is 0.508 e. The standard InChI is InChI=1S/C35H48O7/c1-3-5-8-15-28(42-35(38)39-19-6-4-2)17-18-29-30-20-26-14-11-16-33(31(26)21-27(30)22-32(29)36)40-24-34(37)41-23-25-12-9-7-10-13-25/h7,9-14,16,27-30,32,36H,3-6,8,15,17-24H2,1-2H3/t27-,28-,29+,30-,32+/m0/s1. The number of hydrogen-bond acceptors (Lipinski definition) is 7. The van der Waals surface area contributed by atoms with Gasteiger partial charge in [0.15, 0.2) is 6.61 Å². The molecule has 4 rings (SSSR count). The second-order valence-corrected chi connectivity index (χ2v) is 11.9. The Hall–Kier alpha value is -3.06. The molecule has 0 heterocycles. The second kappa shape index (κ2) is 16.5. The molecule has 0 amide bonds. The molecule has 0 aromatic heterocycles. The van der Waals surface area contributed by atoms with Crippen LogP contribution in [0.15, 0.2) is 48.5 Å². The van der Waals surface area contributed by atoms with Gasteiger partial charge in [0.2, 0.25) is 0 Å². The highest BCUT2D eigenvalue weighted by Gasteiger charge is 2.45. The lowest BCUT2D eigenvalue weighted by Crippen LogP contribution is -2.29. The summed E-state index contributed by atoms with van der Waals surface area (Å²) < 4.78 is 22.3. The van der Waals surface area contributed by atoms with Crippen molar-refractivity contribution >= 4 is 12.1 Å². The van der Waals surface area contributed by atoms with Crippen molar-refractivity contribution in [2.45, 2.75) is 103 Å². The summed E-state index contributed by atoms with van der Waals surface area (Å²) in [5, 5.41) is 11.1. The predicted molar refractivity (Wildman–Crippen MR) is 161 cm³/mol. The number of unbranched alkanes of at least 4 members (excludes halogenated alkanes) is 3. The first kappa shape index (κ1) is 31.9. The maximum atomic E-state index is 12.3. The lowest BCUT2D eigenvalue weighted by Gasteiger charge is -2.32. The van der Waals surface area contributed by atoms with Crippen LogP contribution >= 0.6 is 0 Å². The van der Waals surface area contributed by atoms with Gasteiger partial charge in [0, 0.05) is 0 Å². The van der Waals surface area contributed by atoms with Crippen LogP contribution in [0.3, 0.4) is 0 Å². The fourth-order valence-electron chi connectivity index (χ4n) is 6.59. The molecular formula is C35H48O7. The van der Waals surface area contributed by atoms with Gasteiger partial charge < -0.3 is 24.1 Å². The molecule has 0 spiro atoms. The van der Waals surface area contributed by atoms with Gasteiger partial charge in [-0.1, -0.05) is 75.6 Å². The van der Waals surface area contributed by atoms with Gasteiger partial charge in [-0.2, -0.15) is 0 Å². The molecule has 2 aliphatic rings. The minimum absolute atomic E-state index is 0.136. The Labute approximate surface area is 250 Å². The van der Waals surface area contributed by atoms with Crippen LogP contribution in [-0.2, 0) is 38.5 Å². The quantitative estimate of drug-likeness (QED) is 0.166. The van der Waals surface area contributed by atoms with E-state index in [-0.39, 0.29) is 31.3 Å². The topological polar surface area (TPSA) is 91.3 Å². The molecule has 1 N–H and O–H groups in total. The van der Waals surface area contributed by atoms with Gasteiger partial charge in [0.1, 0.15) is 18.5 Å². The summed E-state index contributed by atoms with van der Waals surface area (Å²) >= 11 is 0. The summed E-state index contributed by atoms with van der Waals surface area (Å²) in [5.74, 6) is 1.21. The van der Waals surface area contributed by atoms with Crippen molar-refractivity contribution in [2.75, 3.05) is 13.2 Å². The fraction of sp³-hybridized carbons (Fsp3) is 0.600. The van der Waals surface area contributed by atoms with E-state index in [1.807, 2.05) is 42.5 Å². The van der Waals surface area contributed by atoms with Crippen molar-refractivity contribution < 1.29 is 33.6 Å². The van der Waals surface area contributed by atoms with E-state index in [2.05, 4.69) is 19.9 Å². The number of rotatable bonds is 16. The fourth-order valence-corrected chi connectivity index (χ4v) is 6.59. The van der Waals surface area contributed by atoms with Crippen LogP contribution in [-0.4, -0.2) is 42.7 Å². The molecule has 7 nitrogen and oxygen atoms in total. The Morgan fingerprint density at radius 3 is 2.52 bits per heavy atom. The number of carbonyl (C=O) groups is 2. The van der Waals surface area contributed by atoms with Crippen molar-refractivity contribution in [1.29, 1.82) is 0 Å². The molecule has 0 saturated heterocycles. The molecule has 0 aliphatic heterocycles. The van der Waals surface area contributed by atoms with Crippen LogP contribution < -0.4 is 4.74 Å². The summed E-state index contributed by atoms with van der Waals surface area (Å²) in [7, 11) is 0. The average molecular weight is 581 g/mol. The molecule has 2 aliphatic carbocycles. The van der Waals surface area contributed by atoms with Crippen LogP contribution in [0.5, 0.6) is 5.75 Å². The van der Waals surface area contributed by atoms with Gasteiger partial charge in [-0.3, -0.25) is 0 Å². The predicted octanol–water partition coefficient (Wildman–Crippen LogP) is 7.20. The van der Waals surface area contributed by atoms with Crippen molar-refractivity contribution in [1.82, 2.24) is 0 Å². The van der Waals surface area contributed by atoms with Gasteiger partial charge in [0.05, 0.1) is 12.7 Å². The van der Waals surface area contributed by atoms with E-state index in [4.69, 9.17) is 18.9 Å². The van der Waals surface area contributed by atoms with Crippen LogP contribution in [0.2, 0.25) is 0 Å². The lowest BCUT2D eigenvalue weighted by molar-refractivity contribution is -0.147. The maximum absolute atomic E-state index is 12.3. The van der Waals surface area contributed by atoms with Gasteiger partial charge in [-0.15, -0.1) is 0 Å². The summed E-state index contributed by atoms with van der Waals surface area (Å²) in [6.07, 6.45) is 8.72. The van der Waals surface area contributed by atoms with E-state index < -0.39 is 12.1 Å². The van der Waals surface area contributed by atoms with E-state index in [0.29, 0.717) is 18.4 Å². The number of aliphatic hydroxyl groups excluding tert-OH is 1. The zero-order valence-electron chi connectivity index (χ0n) is 25.3. The molecule has 0 unspecified atom stereocenters. The third-order valence-corrected chi connectivity index (χ3v) is 8.87. The Kier molecular flexibility index (Phi) is 12.6. The summed E-state index contributed by atoms with van der Waals surface area (Å²) in [6, 6.07) is 15.6. The zero-order chi connectivity index (χ0) is 29.7. The van der Waals surface area contributed by atoms with Crippen molar-refractivity contribution in [3.63, 3.8) is 0 Å². The van der Waals surface area contributed by atoms with E-state index in [1.165, 1.54) is 5.56 Å². The molecule has 230 valence electrons. The number of ether oxygens (including phenoxy) is 4. The Bertz CT molecular complexity index is 1120. The number of benzene rings is 2. The van der Waals surface area contributed by atoms with Gasteiger partial charge >= 0.3 is 12.1 Å². The van der Waals surface area contributed by atoms with Gasteiger partial charge in [-0.25, -0.2) is 9.59 Å². The molecule has 7 heteroatoms. The summed E-state index contributed by atoms with van der Waals surface area (Å²) in [6.45, 7) is 4.71. The highest BCUT2D eigenvalue weighted by Crippen LogP contribution is 2.48. The molecule has 2 aromatic carbocycles. The van der Waals surface area contributed by atoms with E-state index in [0.717, 1.165) is 87.5 Å². The van der Waals surface area contributed by atoms with Crippen LogP contribution in [0, 0.1) is 17.8 Å². The molecule has 5 atom stereocenters. The number of carbonyl (C=O) groups excluding carboxylic acids is 2. The minimum Gasteiger partial charge on any atom is -0.482 e. The average Bonchev–Trinajstić information content (AvgIpc) is 3.30. The Balaban J connectivity index is 1.32. The van der Waals surface area contributed by atoms with Gasteiger partial charge in [-0.05, 0) is 91.9 Å². The van der Waals surface area contributed by atoms with Crippen molar-refractivity contribution in [3.05, 3.63) is 65.2 Å². The van der Waals surface area contributed by atoms with E-state index in [1.54, 1.807) is 0 Å². The van der Waals surface area contributed by atoms with E-state index >= 15 is 0 Å². The zero-order valence-corrected chi connectivity index (χ0v) is 25.3. The highest BCUT2D eigenvalue weighted by atomic mass is 16.7. The molecule has 0 bridgehead atoms. The van der Waals surface area contributed by atoms with E-state index in [9.17, 15) is 14.7 Å². The van der Waals surface area contributed by atoms with Crippen LogP contribution in [0.25, 0.3) is 0 Å². The monoisotopic (exact) mass is 580 g/mol. The summed E-state index contributed by atoms with van der Waals surface area (Å²) in [5.41, 5.74) is 3.30. The third kappa shape index (κ3) is 9.22. The normalized spacial score (nSPS) is 21.6. The number of esters is 1. The molecule has 42 heavy (non-hydrogen) atoms. The Morgan fingerprint density at radius 2 is 1.74 bits per heavy atom. The first-order valence-electron chi connectivity index (χ1n) is 15.9. The first-order valence-corrected chi connectivity index (χ1v) is 15.9. The third-order valence-electron chi connectivity index (χ3n) is 8.87. The molecule has 0 radical (unpaired) electrons. The lowest BCUT2D eigenvalue weighted by atomic mass is 9.73. The van der Waals surface area contributed by atoms with Crippen molar-refractivity contribution in [3.8, 4) is 5.75 Å². The number of hydrogen-bond donors (Lipinski definition) is 1. The summed E-state index contributed by atoms with van der Waals surface area (Å²) in [4.78, 5) is 24.6. The minimum atomic E-state index is -0.571. The first-order chi connectivity index (χ1) is 20.5. The Morgan fingerprint density at radius 1 is 0.929 bits per heavy atom. The molecule has 2 aromatic rings. The number of fused-ring (bicyclic) bond motifs is 2. The molecule has 1 saturated carbocycles. The largest absolute Gasteiger partial charge is 0.508 e. The van der Waals surface area contributed by atoms with Crippen molar-refractivity contribution in [2.24, 2.45) is 17.8 Å². The SMILES string of the molecule is CCCCC[C@@H](CC[C@@H]1[C@H]2Cc3cccc(OCC(=O)OCc4ccccc4)c3C[C@H]2C[C@H]1O)OC(=O)OCCCC. The number of aliphatic hydroxyl groups is 1.